The highest BCUT2D eigenvalue weighted by atomic mass is 32.2. The first kappa shape index (κ1) is 14.9. The molecule has 6 heteroatoms. The van der Waals surface area contributed by atoms with Crippen LogP contribution in [0.2, 0.25) is 0 Å². The first-order valence-corrected chi connectivity index (χ1v) is 5.96. The first-order valence-electron chi connectivity index (χ1n) is 5.16. The average molecular weight is 252 g/mol. The van der Waals surface area contributed by atoms with Gasteiger partial charge in [-0.2, -0.15) is 3.71 Å². The van der Waals surface area contributed by atoms with E-state index in [9.17, 15) is 4.79 Å². The molecule has 0 spiro atoms. The second-order valence-electron chi connectivity index (χ2n) is 3.45. The van der Waals surface area contributed by atoms with Crippen LogP contribution in [0.5, 0.6) is 0 Å². The third kappa shape index (κ3) is 6.17. The summed E-state index contributed by atoms with van der Waals surface area (Å²) in [5.41, 5.74) is 5.77. The molecule has 0 aromatic rings. The SMILES string of the molecule is CCCCC(CC)C(N)OC(=O)N(S)S. The van der Waals surface area contributed by atoms with Gasteiger partial charge < -0.3 is 4.74 Å². The van der Waals surface area contributed by atoms with Crippen LogP contribution in [0.3, 0.4) is 0 Å². The average Bonchev–Trinajstić information content (AvgIpc) is 2.18. The van der Waals surface area contributed by atoms with Gasteiger partial charge in [0.05, 0.1) is 0 Å². The highest BCUT2D eigenvalue weighted by Crippen LogP contribution is 2.17. The number of nitrogens with two attached hydrogens (primary N) is 1. The fraction of sp³-hybridized carbons (Fsp3) is 0.889. The van der Waals surface area contributed by atoms with E-state index >= 15 is 0 Å². The third-order valence-electron chi connectivity index (χ3n) is 2.32. The maximum Gasteiger partial charge on any atom is 0.431 e. The van der Waals surface area contributed by atoms with Crippen LogP contribution in [0.1, 0.15) is 39.5 Å². The molecule has 0 bridgehead atoms. The molecule has 0 radical (unpaired) electrons. The van der Waals surface area contributed by atoms with Crippen molar-refractivity contribution in [2.75, 3.05) is 0 Å². The van der Waals surface area contributed by atoms with Crippen LogP contribution in [-0.4, -0.2) is 16.0 Å². The quantitative estimate of drug-likeness (QED) is 0.503. The highest BCUT2D eigenvalue weighted by molar-refractivity contribution is 7.94. The molecule has 0 rings (SSSR count). The van der Waals surface area contributed by atoms with Crippen molar-refractivity contribution in [1.29, 1.82) is 0 Å². The zero-order valence-corrected chi connectivity index (χ0v) is 11.0. The van der Waals surface area contributed by atoms with Crippen molar-refractivity contribution in [2.24, 2.45) is 11.7 Å². The van der Waals surface area contributed by atoms with E-state index in [1.807, 2.05) is 6.92 Å². The molecule has 0 aromatic carbocycles. The zero-order chi connectivity index (χ0) is 11.8. The molecule has 0 aliphatic carbocycles. The van der Waals surface area contributed by atoms with Crippen LogP contribution in [0.15, 0.2) is 0 Å². The number of carbonyl (C=O) groups is 1. The Hall–Kier alpha value is -0.0700. The van der Waals surface area contributed by atoms with E-state index < -0.39 is 12.3 Å². The summed E-state index contributed by atoms with van der Waals surface area (Å²) in [6, 6.07) is 0. The summed E-state index contributed by atoms with van der Waals surface area (Å²) in [6.07, 6.45) is 2.87. The molecule has 0 aromatic heterocycles. The second kappa shape index (κ2) is 8.13. The second-order valence-corrected chi connectivity index (χ2v) is 4.56. The van der Waals surface area contributed by atoms with Gasteiger partial charge in [-0.25, -0.2) is 4.79 Å². The minimum absolute atomic E-state index is 0.204. The summed E-state index contributed by atoms with van der Waals surface area (Å²) in [7, 11) is 0. The molecule has 2 unspecified atom stereocenters. The van der Waals surface area contributed by atoms with Gasteiger partial charge in [0.15, 0.2) is 6.23 Å². The molecular formula is C9H20N2O2S2. The van der Waals surface area contributed by atoms with E-state index in [4.69, 9.17) is 10.5 Å². The molecule has 15 heavy (non-hydrogen) atoms. The monoisotopic (exact) mass is 252 g/mol. The third-order valence-corrected chi connectivity index (χ3v) is 2.64. The van der Waals surface area contributed by atoms with E-state index in [0.29, 0.717) is 0 Å². The topological polar surface area (TPSA) is 55.6 Å². The Morgan fingerprint density at radius 1 is 1.47 bits per heavy atom. The lowest BCUT2D eigenvalue weighted by Gasteiger charge is -2.23. The number of thiol groups is 2. The zero-order valence-electron chi connectivity index (χ0n) is 9.22. The van der Waals surface area contributed by atoms with Gasteiger partial charge in [0, 0.05) is 5.92 Å². The van der Waals surface area contributed by atoms with Gasteiger partial charge in [-0.3, -0.25) is 5.73 Å². The van der Waals surface area contributed by atoms with E-state index in [-0.39, 0.29) is 5.92 Å². The Labute approximate surface area is 103 Å². The summed E-state index contributed by atoms with van der Waals surface area (Å²) in [5, 5.41) is 0. The van der Waals surface area contributed by atoms with Crippen LogP contribution in [-0.2, 0) is 4.74 Å². The number of unbranched alkanes of at least 4 members (excludes halogenated alkanes) is 1. The standard InChI is InChI=1S/C9H20N2O2S2/c1-3-5-6-7(4-2)8(10)13-9(12)11(14)15/h7-8,14-15H,3-6,10H2,1-2H3. The predicted molar refractivity (Wildman–Crippen MR) is 67.6 cm³/mol. The van der Waals surface area contributed by atoms with Crippen molar-refractivity contribution < 1.29 is 9.53 Å². The van der Waals surface area contributed by atoms with Crippen molar-refractivity contribution in [1.82, 2.24) is 3.71 Å². The van der Waals surface area contributed by atoms with Crippen LogP contribution >= 0.6 is 25.6 Å². The Morgan fingerprint density at radius 2 is 2.07 bits per heavy atom. The van der Waals surface area contributed by atoms with Crippen molar-refractivity contribution in [3.8, 4) is 0 Å². The molecule has 0 aliphatic heterocycles. The molecule has 0 aliphatic rings. The van der Waals surface area contributed by atoms with Gasteiger partial charge in [-0.05, 0) is 38.5 Å². The van der Waals surface area contributed by atoms with Crippen LogP contribution in [0.25, 0.3) is 0 Å². The molecular weight excluding hydrogens is 232 g/mol. The number of carbonyl (C=O) groups excluding carboxylic acids is 1. The first-order chi connectivity index (χ1) is 7.02. The van der Waals surface area contributed by atoms with Crippen molar-refractivity contribution in [3.63, 3.8) is 0 Å². The number of nitrogens with zero attached hydrogens (tertiary/aromatic N) is 1. The van der Waals surface area contributed by atoms with Crippen LogP contribution in [0.4, 0.5) is 4.79 Å². The predicted octanol–water partition coefficient (Wildman–Crippen LogP) is 2.62. The summed E-state index contributed by atoms with van der Waals surface area (Å²) in [6.45, 7) is 4.15. The maximum atomic E-state index is 11.1. The summed E-state index contributed by atoms with van der Waals surface area (Å²) in [4.78, 5) is 11.1. The minimum Gasteiger partial charge on any atom is -0.429 e. The Kier molecular flexibility index (Phi) is 8.09. The number of rotatable bonds is 6. The normalized spacial score (nSPS) is 14.5. The molecule has 2 atom stereocenters. The van der Waals surface area contributed by atoms with Crippen LogP contribution < -0.4 is 5.73 Å². The lowest BCUT2D eigenvalue weighted by molar-refractivity contribution is 0.0575. The fourth-order valence-corrected chi connectivity index (χ4v) is 1.42. The Bertz CT molecular complexity index is 191. The molecule has 2 N–H and O–H groups in total. The van der Waals surface area contributed by atoms with Gasteiger partial charge in [-0.15, -0.1) is 0 Å². The maximum absolute atomic E-state index is 11.1. The largest absolute Gasteiger partial charge is 0.431 e. The number of hydrogen-bond acceptors (Lipinski definition) is 5. The van der Waals surface area contributed by atoms with Crippen molar-refractivity contribution in [2.45, 2.75) is 45.8 Å². The Morgan fingerprint density at radius 3 is 2.47 bits per heavy atom. The van der Waals surface area contributed by atoms with Gasteiger partial charge in [-0.1, -0.05) is 26.7 Å². The minimum atomic E-state index is -0.635. The molecule has 0 saturated heterocycles. The van der Waals surface area contributed by atoms with E-state index in [2.05, 4.69) is 32.6 Å². The summed E-state index contributed by atoms with van der Waals surface area (Å²) >= 11 is 7.41. The molecule has 90 valence electrons. The van der Waals surface area contributed by atoms with Crippen LogP contribution in [0, 0.1) is 5.92 Å². The van der Waals surface area contributed by atoms with Crippen molar-refractivity contribution in [3.05, 3.63) is 0 Å². The lowest BCUT2D eigenvalue weighted by Crippen LogP contribution is -2.36. The lowest BCUT2D eigenvalue weighted by atomic mass is 9.98. The number of amides is 1. The fourth-order valence-electron chi connectivity index (χ4n) is 1.33. The van der Waals surface area contributed by atoms with Gasteiger partial charge in [0.25, 0.3) is 0 Å². The summed E-state index contributed by atoms with van der Waals surface area (Å²) < 4.78 is 5.76. The molecule has 0 heterocycles. The highest BCUT2D eigenvalue weighted by Gasteiger charge is 2.20. The smallest absolute Gasteiger partial charge is 0.429 e. The Balaban J connectivity index is 4.02. The van der Waals surface area contributed by atoms with E-state index in [1.54, 1.807) is 0 Å². The molecule has 4 nitrogen and oxygen atoms in total. The number of hydrogen-bond donors (Lipinski definition) is 3. The van der Waals surface area contributed by atoms with E-state index in [1.165, 1.54) is 0 Å². The molecule has 0 saturated carbocycles. The molecule has 0 fully saturated rings. The molecule has 1 amide bonds. The van der Waals surface area contributed by atoms with Crippen molar-refractivity contribution >= 4 is 31.7 Å². The van der Waals surface area contributed by atoms with Gasteiger partial charge >= 0.3 is 6.09 Å². The van der Waals surface area contributed by atoms with Gasteiger partial charge in [0.2, 0.25) is 0 Å². The van der Waals surface area contributed by atoms with E-state index in [0.717, 1.165) is 29.4 Å². The number of ether oxygens (including phenoxy) is 1. The summed E-state index contributed by atoms with van der Waals surface area (Å²) in [5.74, 6) is 0.204. The van der Waals surface area contributed by atoms with Gasteiger partial charge in [0.1, 0.15) is 0 Å².